The number of hydrogen-bond donors (Lipinski definition) is 1. The monoisotopic (exact) mass is 283 g/mol. The van der Waals surface area contributed by atoms with E-state index in [4.69, 9.17) is 0 Å². The fourth-order valence-electron chi connectivity index (χ4n) is 2.06. The predicted molar refractivity (Wildman–Crippen MR) is 63.5 cm³/mol. The second-order valence-electron chi connectivity index (χ2n) is 4.19. The Kier molecular flexibility index (Phi) is 2.74. The highest BCUT2D eigenvalue weighted by Crippen LogP contribution is 2.34. The summed E-state index contributed by atoms with van der Waals surface area (Å²) >= 11 is 0. The van der Waals surface area contributed by atoms with Gasteiger partial charge in [-0.3, -0.25) is 0 Å². The van der Waals surface area contributed by atoms with Crippen LogP contribution in [0.15, 0.2) is 30.3 Å². The number of halogens is 5. The van der Waals surface area contributed by atoms with E-state index < -0.39 is 40.0 Å². The fourth-order valence-corrected chi connectivity index (χ4v) is 2.06. The molecule has 1 heterocycles. The van der Waals surface area contributed by atoms with Crippen molar-refractivity contribution in [3.8, 4) is 11.3 Å². The molecule has 0 aliphatic rings. The smallest absolute Gasteiger partial charge is 0.199 e. The first kappa shape index (κ1) is 12.7. The first-order chi connectivity index (χ1) is 9.52. The van der Waals surface area contributed by atoms with Gasteiger partial charge >= 0.3 is 0 Å². The van der Waals surface area contributed by atoms with Crippen molar-refractivity contribution in [1.29, 1.82) is 0 Å². The summed E-state index contributed by atoms with van der Waals surface area (Å²) in [5, 5.41) is -0.930. The number of rotatable bonds is 1. The van der Waals surface area contributed by atoms with Crippen molar-refractivity contribution >= 4 is 10.9 Å². The van der Waals surface area contributed by atoms with Crippen LogP contribution in [0.1, 0.15) is 0 Å². The van der Waals surface area contributed by atoms with Crippen LogP contribution in [0.2, 0.25) is 0 Å². The number of hydrogen-bond acceptors (Lipinski definition) is 0. The van der Waals surface area contributed by atoms with Crippen molar-refractivity contribution in [2.45, 2.75) is 0 Å². The maximum atomic E-state index is 14.1. The number of aromatic amines is 1. The molecule has 1 nitrogen and oxygen atoms in total. The molecule has 102 valence electrons. The Morgan fingerprint density at radius 2 is 1.25 bits per heavy atom. The van der Waals surface area contributed by atoms with Gasteiger partial charge in [0.1, 0.15) is 0 Å². The van der Waals surface area contributed by atoms with E-state index in [0.29, 0.717) is 5.56 Å². The molecular formula is C14H6F5N. The van der Waals surface area contributed by atoms with Gasteiger partial charge in [-0.2, -0.15) is 0 Å². The third-order valence-corrected chi connectivity index (χ3v) is 3.02. The van der Waals surface area contributed by atoms with Crippen molar-refractivity contribution in [2.75, 3.05) is 0 Å². The molecule has 20 heavy (non-hydrogen) atoms. The lowest BCUT2D eigenvalue weighted by molar-refractivity contribution is 0.416. The van der Waals surface area contributed by atoms with E-state index in [1.165, 1.54) is 12.1 Å². The third-order valence-electron chi connectivity index (χ3n) is 3.02. The molecule has 0 atom stereocenters. The number of fused-ring (bicyclic) bond motifs is 1. The van der Waals surface area contributed by atoms with Gasteiger partial charge in [0.15, 0.2) is 29.1 Å². The molecule has 1 N–H and O–H groups in total. The van der Waals surface area contributed by atoms with Crippen molar-refractivity contribution in [1.82, 2.24) is 4.98 Å². The van der Waals surface area contributed by atoms with Crippen LogP contribution in [0.4, 0.5) is 22.0 Å². The molecule has 3 rings (SSSR count). The number of aromatic nitrogens is 1. The molecule has 0 fully saturated rings. The summed E-state index contributed by atoms with van der Waals surface area (Å²) in [5.41, 5.74) is -0.665. The summed E-state index contributed by atoms with van der Waals surface area (Å²) < 4.78 is 67.6. The van der Waals surface area contributed by atoms with Crippen molar-refractivity contribution in [3.63, 3.8) is 0 Å². The summed E-state index contributed by atoms with van der Waals surface area (Å²) in [6.45, 7) is 0. The second kappa shape index (κ2) is 4.33. The Morgan fingerprint density at radius 1 is 0.650 bits per heavy atom. The van der Waals surface area contributed by atoms with Crippen LogP contribution in [0.5, 0.6) is 0 Å². The summed E-state index contributed by atoms with van der Waals surface area (Å²) in [6.07, 6.45) is 0. The molecule has 0 unspecified atom stereocenters. The van der Waals surface area contributed by atoms with Crippen LogP contribution < -0.4 is 0 Å². The van der Waals surface area contributed by atoms with Crippen LogP contribution in [-0.2, 0) is 0 Å². The first-order valence-corrected chi connectivity index (χ1v) is 5.61. The minimum atomic E-state index is -2.03. The molecule has 0 saturated carbocycles. The van der Waals surface area contributed by atoms with Crippen molar-refractivity contribution in [2.24, 2.45) is 0 Å². The molecule has 0 radical (unpaired) electrons. The average molecular weight is 283 g/mol. The molecule has 2 aromatic carbocycles. The Labute approximate surface area is 109 Å². The predicted octanol–water partition coefficient (Wildman–Crippen LogP) is 4.53. The zero-order valence-corrected chi connectivity index (χ0v) is 9.78. The molecular weight excluding hydrogens is 277 g/mol. The lowest BCUT2D eigenvalue weighted by Crippen LogP contribution is -1.97. The normalized spacial score (nSPS) is 11.2. The van der Waals surface area contributed by atoms with Gasteiger partial charge in [-0.05, 0) is 0 Å². The van der Waals surface area contributed by atoms with Gasteiger partial charge in [-0.15, -0.1) is 0 Å². The largest absolute Gasteiger partial charge is 0.349 e. The van der Waals surface area contributed by atoms with Crippen LogP contribution in [0, 0.1) is 29.1 Å². The molecule has 0 aliphatic heterocycles. The Morgan fingerprint density at radius 3 is 1.90 bits per heavy atom. The van der Waals surface area contributed by atoms with Gasteiger partial charge in [0, 0.05) is 5.56 Å². The van der Waals surface area contributed by atoms with E-state index in [2.05, 4.69) is 4.98 Å². The van der Waals surface area contributed by atoms with Crippen LogP contribution >= 0.6 is 0 Å². The Balaban J connectivity index is 2.42. The molecule has 1 aromatic heterocycles. The quantitative estimate of drug-likeness (QED) is 0.383. The lowest BCUT2D eigenvalue weighted by atomic mass is 10.1. The second-order valence-corrected chi connectivity index (χ2v) is 4.19. The maximum Gasteiger partial charge on any atom is 0.199 e. The van der Waals surface area contributed by atoms with Gasteiger partial charge in [0.25, 0.3) is 0 Å². The molecule has 0 amide bonds. The highest BCUT2D eigenvalue weighted by molar-refractivity contribution is 5.88. The topological polar surface area (TPSA) is 15.8 Å². The number of benzene rings is 2. The van der Waals surface area contributed by atoms with E-state index >= 15 is 0 Å². The van der Waals surface area contributed by atoms with Crippen LogP contribution in [0.25, 0.3) is 22.2 Å². The zero-order chi connectivity index (χ0) is 14.4. The fraction of sp³-hybridized carbons (Fsp3) is 0. The number of H-pyrrole nitrogens is 1. The van der Waals surface area contributed by atoms with E-state index in [-0.39, 0.29) is 5.69 Å². The highest BCUT2D eigenvalue weighted by atomic mass is 19.2. The molecule has 0 spiro atoms. The van der Waals surface area contributed by atoms with Crippen molar-refractivity contribution < 1.29 is 22.0 Å². The van der Waals surface area contributed by atoms with Gasteiger partial charge in [0.05, 0.1) is 16.6 Å². The third kappa shape index (κ3) is 1.61. The minimum Gasteiger partial charge on any atom is -0.349 e. The van der Waals surface area contributed by atoms with Crippen LogP contribution in [0.3, 0.4) is 0 Å². The van der Waals surface area contributed by atoms with E-state index in [1.54, 1.807) is 18.2 Å². The standard InChI is InChI=1S/C14H6F5N/c15-8-7-9(16)13(6-4-2-1-3-5-6)20-14(7)12(19)11(18)10(8)17/h1-5,20H. The zero-order valence-electron chi connectivity index (χ0n) is 9.78. The molecule has 0 saturated heterocycles. The van der Waals surface area contributed by atoms with E-state index in [0.717, 1.165) is 0 Å². The molecule has 6 heteroatoms. The summed E-state index contributed by atoms with van der Waals surface area (Å²) in [5.74, 6) is -8.58. The van der Waals surface area contributed by atoms with E-state index in [1.807, 2.05) is 0 Å². The summed E-state index contributed by atoms with van der Waals surface area (Å²) in [4.78, 5) is 2.26. The summed E-state index contributed by atoms with van der Waals surface area (Å²) in [6, 6.07) is 7.85. The maximum absolute atomic E-state index is 14.1. The lowest BCUT2D eigenvalue weighted by Gasteiger charge is -1.99. The van der Waals surface area contributed by atoms with Gasteiger partial charge in [0.2, 0.25) is 0 Å². The van der Waals surface area contributed by atoms with Gasteiger partial charge in [-0.1, -0.05) is 30.3 Å². The Hall–Kier alpha value is -2.37. The SMILES string of the molecule is Fc1c(F)c(F)c2c(F)c(-c3ccccc3)[nH]c2c1F. The molecule has 3 aromatic rings. The molecule has 0 bridgehead atoms. The average Bonchev–Trinajstić information content (AvgIpc) is 2.81. The van der Waals surface area contributed by atoms with Crippen molar-refractivity contribution in [3.05, 3.63) is 59.4 Å². The summed E-state index contributed by atoms with van der Waals surface area (Å²) in [7, 11) is 0. The first-order valence-electron chi connectivity index (χ1n) is 5.61. The van der Waals surface area contributed by atoms with Gasteiger partial charge < -0.3 is 4.98 Å². The van der Waals surface area contributed by atoms with Gasteiger partial charge in [-0.25, -0.2) is 22.0 Å². The number of nitrogens with one attached hydrogen (secondary N) is 1. The minimum absolute atomic E-state index is 0.233. The van der Waals surface area contributed by atoms with Crippen LogP contribution in [-0.4, -0.2) is 4.98 Å². The van der Waals surface area contributed by atoms with E-state index in [9.17, 15) is 22.0 Å². The molecule has 0 aliphatic carbocycles. The Bertz CT molecular complexity index is 808. The highest BCUT2D eigenvalue weighted by Gasteiger charge is 2.26.